The van der Waals surface area contributed by atoms with Crippen LogP contribution < -0.4 is 0 Å². The van der Waals surface area contributed by atoms with Crippen LogP contribution in [-0.2, 0) is 22.4 Å². The third kappa shape index (κ3) is 2.78. The molecule has 2 rings (SSSR count). The predicted octanol–water partition coefficient (Wildman–Crippen LogP) is 2.08. The first-order chi connectivity index (χ1) is 7.24. The normalized spacial score (nSPS) is 18.7. The highest BCUT2D eigenvalue weighted by Crippen LogP contribution is 2.15. The molecule has 15 heavy (non-hydrogen) atoms. The molecule has 0 saturated heterocycles. The number of Topliss-reactive ketones (excluding diaryl/α,β-unsaturated/α-hetero) is 2. The number of hydrogen-bond donors (Lipinski definition) is 0. The molecule has 2 bridgehead atoms. The van der Waals surface area contributed by atoms with Gasteiger partial charge in [-0.25, -0.2) is 0 Å². The summed E-state index contributed by atoms with van der Waals surface area (Å²) >= 11 is 0. The second-order valence-electron chi connectivity index (χ2n) is 3.95. The molecule has 0 saturated carbocycles. The van der Waals surface area contributed by atoms with Crippen molar-refractivity contribution in [2.45, 2.75) is 38.5 Å². The van der Waals surface area contributed by atoms with Gasteiger partial charge in [0.25, 0.3) is 0 Å². The van der Waals surface area contributed by atoms with E-state index in [0.717, 1.165) is 11.5 Å². The number of fused-ring (bicyclic) bond motifs is 2. The van der Waals surface area contributed by atoms with E-state index >= 15 is 0 Å². The number of rotatable bonds is 0. The summed E-state index contributed by atoms with van der Waals surface area (Å²) in [5.41, 5.74) is 0. The zero-order valence-electron chi connectivity index (χ0n) is 8.62. The van der Waals surface area contributed by atoms with Gasteiger partial charge < -0.3 is 4.42 Å². The summed E-state index contributed by atoms with van der Waals surface area (Å²) in [7, 11) is 0. The average molecular weight is 206 g/mol. The summed E-state index contributed by atoms with van der Waals surface area (Å²) in [5, 5.41) is 0. The van der Waals surface area contributed by atoms with Crippen molar-refractivity contribution in [1.29, 1.82) is 0 Å². The van der Waals surface area contributed by atoms with Crippen LogP contribution in [0.15, 0.2) is 16.5 Å². The summed E-state index contributed by atoms with van der Waals surface area (Å²) in [6.07, 6.45) is 3.08. The average Bonchev–Trinajstić information content (AvgIpc) is 2.66. The van der Waals surface area contributed by atoms with Gasteiger partial charge in [0.05, 0.1) is 0 Å². The Kier molecular flexibility index (Phi) is 2.99. The Morgan fingerprint density at radius 1 is 0.733 bits per heavy atom. The molecule has 3 heteroatoms. The van der Waals surface area contributed by atoms with Gasteiger partial charge in [0.2, 0.25) is 0 Å². The van der Waals surface area contributed by atoms with E-state index in [0.29, 0.717) is 38.5 Å². The lowest BCUT2D eigenvalue weighted by Gasteiger charge is -1.98. The fourth-order valence-corrected chi connectivity index (χ4v) is 1.75. The van der Waals surface area contributed by atoms with Crippen molar-refractivity contribution < 1.29 is 14.0 Å². The standard InChI is InChI=1S/C12H14O3/c13-9-1-2-10(14)4-6-12-8-7-11(15-12)5-3-9/h7-8H,1-6H2. The number of aryl methyl sites for hydroxylation is 2. The first-order valence-electron chi connectivity index (χ1n) is 5.35. The van der Waals surface area contributed by atoms with Crippen molar-refractivity contribution >= 4 is 11.6 Å². The van der Waals surface area contributed by atoms with Crippen molar-refractivity contribution in [3.63, 3.8) is 0 Å². The van der Waals surface area contributed by atoms with Crippen molar-refractivity contribution in [1.82, 2.24) is 0 Å². The maximum atomic E-state index is 11.4. The molecule has 0 fully saturated rings. The fraction of sp³-hybridized carbons (Fsp3) is 0.500. The van der Waals surface area contributed by atoms with Crippen molar-refractivity contribution in [2.75, 3.05) is 0 Å². The van der Waals surface area contributed by atoms with Crippen LogP contribution in [0.5, 0.6) is 0 Å². The number of carbonyl (C=O) groups excluding carboxylic acids is 2. The van der Waals surface area contributed by atoms with Crippen LogP contribution in [-0.4, -0.2) is 11.6 Å². The molecule has 0 unspecified atom stereocenters. The van der Waals surface area contributed by atoms with E-state index in [1.165, 1.54) is 0 Å². The van der Waals surface area contributed by atoms with Gasteiger partial charge in [-0.05, 0) is 12.1 Å². The van der Waals surface area contributed by atoms with Gasteiger partial charge in [-0.2, -0.15) is 0 Å². The maximum Gasteiger partial charge on any atom is 0.133 e. The maximum absolute atomic E-state index is 11.4. The van der Waals surface area contributed by atoms with E-state index in [9.17, 15) is 9.59 Å². The molecular formula is C12H14O3. The summed E-state index contributed by atoms with van der Waals surface area (Å²) in [6, 6.07) is 3.80. The van der Waals surface area contributed by atoms with Crippen molar-refractivity contribution in [2.24, 2.45) is 0 Å². The van der Waals surface area contributed by atoms with Gasteiger partial charge in [0, 0.05) is 38.5 Å². The number of furan rings is 1. The lowest BCUT2D eigenvalue weighted by Crippen LogP contribution is -2.05. The van der Waals surface area contributed by atoms with E-state index in [-0.39, 0.29) is 11.6 Å². The highest BCUT2D eigenvalue weighted by atomic mass is 16.3. The Hall–Kier alpha value is -1.38. The summed E-state index contributed by atoms with van der Waals surface area (Å²) in [6.45, 7) is 0. The van der Waals surface area contributed by atoms with Gasteiger partial charge in [0.15, 0.2) is 0 Å². The Morgan fingerprint density at radius 2 is 1.13 bits per heavy atom. The zero-order valence-corrected chi connectivity index (χ0v) is 8.62. The molecular weight excluding hydrogens is 192 g/mol. The van der Waals surface area contributed by atoms with E-state index in [1.807, 2.05) is 12.1 Å². The molecule has 3 nitrogen and oxygen atoms in total. The molecule has 0 atom stereocenters. The Bertz CT molecular complexity index is 341. The SMILES string of the molecule is O=C1CCC(=O)CCc2ccc(o2)CC1. The molecule has 0 N–H and O–H groups in total. The quantitative estimate of drug-likeness (QED) is 0.653. The topological polar surface area (TPSA) is 47.3 Å². The number of hydrogen-bond acceptors (Lipinski definition) is 3. The highest BCUT2D eigenvalue weighted by Gasteiger charge is 2.12. The van der Waals surface area contributed by atoms with E-state index in [1.54, 1.807) is 0 Å². The minimum absolute atomic E-state index is 0.156. The predicted molar refractivity (Wildman–Crippen MR) is 54.6 cm³/mol. The third-order valence-corrected chi connectivity index (χ3v) is 2.70. The highest BCUT2D eigenvalue weighted by molar-refractivity contribution is 5.86. The van der Waals surface area contributed by atoms with Gasteiger partial charge >= 0.3 is 0 Å². The van der Waals surface area contributed by atoms with Crippen LogP contribution in [0, 0.1) is 0 Å². The van der Waals surface area contributed by atoms with E-state index in [4.69, 9.17) is 4.42 Å². The van der Waals surface area contributed by atoms with Crippen molar-refractivity contribution in [3.8, 4) is 0 Å². The summed E-state index contributed by atoms with van der Waals surface area (Å²) in [4.78, 5) is 22.8. The molecule has 80 valence electrons. The summed E-state index contributed by atoms with van der Waals surface area (Å²) in [5.74, 6) is 2.02. The molecule has 1 aromatic heterocycles. The van der Waals surface area contributed by atoms with Crippen molar-refractivity contribution in [3.05, 3.63) is 23.7 Å². The second kappa shape index (κ2) is 4.43. The molecule has 1 aliphatic rings. The number of carbonyl (C=O) groups is 2. The molecule has 0 aliphatic carbocycles. The van der Waals surface area contributed by atoms with Crippen LogP contribution in [0.25, 0.3) is 0 Å². The smallest absolute Gasteiger partial charge is 0.133 e. The molecule has 0 aromatic carbocycles. The third-order valence-electron chi connectivity index (χ3n) is 2.70. The number of ketones is 2. The van der Waals surface area contributed by atoms with Crippen LogP contribution in [0.2, 0.25) is 0 Å². The zero-order chi connectivity index (χ0) is 10.7. The van der Waals surface area contributed by atoms with Crippen LogP contribution in [0.4, 0.5) is 0 Å². The molecule has 1 aliphatic heterocycles. The van der Waals surface area contributed by atoms with Gasteiger partial charge in [-0.15, -0.1) is 0 Å². The first-order valence-corrected chi connectivity index (χ1v) is 5.35. The molecule has 2 heterocycles. The Morgan fingerprint density at radius 3 is 1.60 bits per heavy atom. The van der Waals surface area contributed by atoms with E-state index < -0.39 is 0 Å². The fourth-order valence-electron chi connectivity index (χ4n) is 1.75. The minimum Gasteiger partial charge on any atom is -0.466 e. The molecule has 1 aromatic rings. The monoisotopic (exact) mass is 206 g/mol. The van der Waals surface area contributed by atoms with Gasteiger partial charge in [-0.3, -0.25) is 9.59 Å². The van der Waals surface area contributed by atoms with Crippen LogP contribution in [0.1, 0.15) is 37.2 Å². The van der Waals surface area contributed by atoms with Gasteiger partial charge in [0.1, 0.15) is 23.1 Å². The largest absolute Gasteiger partial charge is 0.466 e. The molecule has 0 spiro atoms. The molecule has 0 amide bonds. The first kappa shape index (κ1) is 10.1. The lowest BCUT2D eigenvalue weighted by molar-refractivity contribution is -0.124. The Balaban J connectivity index is 2.11. The Labute approximate surface area is 88.5 Å². The van der Waals surface area contributed by atoms with Crippen LogP contribution >= 0.6 is 0 Å². The van der Waals surface area contributed by atoms with Gasteiger partial charge in [-0.1, -0.05) is 0 Å². The second-order valence-corrected chi connectivity index (χ2v) is 3.95. The lowest BCUT2D eigenvalue weighted by atomic mass is 10.0. The summed E-state index contributed by atoms with van der Waals surface area (Å²) < 4.78 is 5.51. The van der Waals surface area contributed by atoms with E-state index in [2.05, 4.69) is 0 Å². The molecule has 0 radical (unpaired) electrons. The van der Waals surface area contributed by atoms with Crippen LogP contribution in [0.3, 0.4) is 0 Å². The minimum atomic E-state index is 0.156.